The van der Waals surface area contributed by atoms with Crippen molar-refractivity contribution < 1.29 is 4.79 Å². The summed E-state index contributed by atoms with van der Waals surface area (Å²) in [5.74, 6) is 0.509. The van der Waals surface area contributed by atoms with E-state index in [2.05, 4.69) is 40.6 Å². The lowest BCUT2D eigenvalue weighted by molar-refractivity contribution is -0.116. The van der Waals surface area contributed by atoms with Crippen LogP contribution in [0.5, 0.6) is 0 Å². The molecule has 0 saturated heterocycles. The Labute approximate surface area is 128 Å². The van der Waals surface area contributed by atoms with Crippen LogP contribution < -0.4 is 11.1 Å². The second-order valence-electron chi connectivity index (χ2n) is 5.33. The molecule has 1 unspecified atom stereocenters. The van der Waals surface area contributed by atoms with Gasteiger partial charge in [0.05, 0.1) is 5.69 Å². The molecule has 1 aliphatic carbocycles. The number of rotatable bonds is 4. The van der Waals surface area contributed by atoms with E-state index < -0.39 is 0 Å². The van der Waals surface area contributed by atoms with Crippen molar-refractivity contribution >= 4 is 22.4 Å². The van der Waals surface area contributed by atoms with E-state index in [1.165, 1.54) is 10.4 Å². The predicted octanol–water partition coefficient (Wildman–Crippen LogP) is 2.70. The molecule has 0 bridgehead atoms. The zero-order valence-electron chi connectivity index (χ0n) is 11.8. The van der Waals surface area contributed by atoms with Crippen LogP contribution in [0.2, 0.25) is 0 Å². The van der Waals surface area contributed by atoms with Gasteiger partial charge in [0.25, 0.3) is 0 Å². The van der Waals surface area contributed by atoms with E-state index in [9.17, 15) is 4.79 Å². The molecule has 110 valence electrons. The highest BCUT2D eigenvalue weighted by Crippen LogP contribution is 2.36. The first-order valence-corrected chi connectivity index (χ1v) is 8.11. The van der Waals surface area contributed by atoms with Crippen LogP contribution in [0.1, 0.15) is 34.9 Å². The SMILES string of the molecule is NCCC(=O)Nc1nc2c(s1)CC(c1ccccc1)CC2. The van der Waals surface area contributed by atoms with E-state index in [0.717, 1.165) is 25.0 Å². The van der Waals surface area contributed by atoms with Gasteiger partial charge in [-0.25, -0.2) is 4.98 Å². The van der Waals surface area contributed by atoms with Gasteiger partial charge in [-0.15, -0.1) is 11.3 Å². The van der Waals surface area contributed by atoms with Crippen LogP contribution >= 0.6 is 11.3 Å². The first-order chi connectivity index (χ1) is 10.3. The molecule has 0 spiro atoms. The van der Waals surface area contributed by atoms with Crippen LogP contribution in [-0.4, -0.2) is 17.4 Å². The zero-order chi connectivity index (χ0) is 14.7. The Morgan fingerprint density at radius 3 is 2.95 bits per heavy atom. The van der Waals surface area contributed by atoms with Gasteiger partial charge in [-0.05, 0) is 30.7 Å². The zero-order valence-corrected chi connectivity index (χ0v) is 12.7. The summed E-state index contributed by atoms with van der Waals surface area (Å²) in [5, 5.41) is 3.56. The van der Waals surface area contributed by atoms with Gasteiger partial charge >= 0.3 is 0 Å². The first-order valence-electron chi connectivity index (χ1n) is 7.29. The summed E-state index contributed by atoms with van der Waals surface area (Å²) in [7, 11) is 0. The van der Waals surface area contributed by atoms with E-state index in [1.54, 1.807) is 11.3 Å². The summed E-state index contributed by atoms with van der Waals surface area (Å²) < 4.78 is 0. The minimum atomic E-state index is -0.0526. The number of fused-ring (bicyclic) bond motifs is 1. The Hall–Kier alpha value is -1.72. The van der Waals surface area contributed by atoms with Crippen LogP contribution in [0.3, 0.4) is 0 Å². The first kappa shape index (κ1) is 14.2. The Balaban J connectivity index is 1.72. The van der Waals surface area contributed by atoms with Crippen molar-refractivity contribution in [1.29, 1.82) is 0 Å². The van der Waals surface area contributed by atoms with E-state index in [-0.39, 0.29) is 5.91 Å². The average Bonchev–Trinajstić information content (AvgIpc) is 2.89. The monoisotopic (exact) mass is 301 g/mol. The van der Waals surface area contributed by atoms with Gasteiger partial charge in [0, 0.05) is 17.8 Å². The van der Waals surface area contributed by atoms with Crippen LogP contribution in [-0.2, 0) is 17.6 Å². The molecule has 0 saturated carbocycles. The van der Waals surface area contributed by atoms with E-state index in [4.69, 9.17) is 5.73 Å². The maximum atomic E-state index is 11.6. The fraction of sp³-hybridized carbons (Fsp3) is 0.375. The summed E-state index contributed by atoms with van der Waals surface area (Å²) in [6.45, 7) is 0.368. The van der Waals surface area contributed by atoms with Gasteiger partial charge in [0.15, 0.2) is 5.13 Å². The molecule has 21 heavy (non-hydrogen) atoms. The number of carbonyl (C=O) groups is 1. The minimum Gasteiger partial charge on any atom is -0.330 e. The van der Waals surface area contributed by atoms with Crippen LogP contribution in [0.15, 0.2) is 30.3 Å². The molecule has 0 fully saturated rings. The molecular weight excluding hydrogens is 282 g/mol. The Bertz CT molecular complexity index is 624. The van der Waals surface area contributed by atoms with E-state index >= 15 is 0 Å². The van der Waals surface area contributed by atoms with Crippen molar-refractivity contribution in [3.8, 4) is 0 Å². The summed E-state index contributed by atoms with van der Waals surface area (Å²) in [4.78, 5) is 17.4. The molecule has 1 aromatic heterocycles. The number of nitrogens with zero attached hydrogens (tertiary/aromatic N) is 1. The lowest BCUT2D eigenvalue weighted by Gasteiger charge is -2.21. The standard InChI is InChI=1S/C16H19N3OS/c17-9-8-15(20)19-16-18-13-7-6-12(10-14(13)21-16)11-4-2-1-3-5-11/h1-5,12H,6-10,17H2,(H,18,19,20). The molecular formula is C16H19N3OS. The molecule has 1 amide bonds. The number of aryl methyl sites for hydroxylation is 1. The van der Waals surface area contributed by atoms with Crippen molar-refractivity contribution in [2.24, 2.45) is 5.73 Å². The largest absolute Gasteiger partial charge is 0.330 e. The molecule has 1 aliphatic rings. The molecule has 3 N–H and O–H groups in total. The highest BCUT2D eigenvalue weighted by atomic mass is 32.1. The highest BCUT2D eigenvalue weighted by Gasteiger charge is 2.24. The molecule has 1 atom stereocenters. The summed E-state index contributed by atoms with van der Waals surface area (Å²) in [6.07, 6.45) is 3.47. The Kier molecular flexibility index (Phi) is 4.31. The van der Waals surface area contributed by atoms with Crippen LogP contribution in [0, 0.1) is 0 Å². The topological polar surface area (TPSA) is 68.0 Å². The van der Waals surface area contributed by atoms with Gasteiger partial charge in [-0.2, -0.15) is 0 Å². The number of nitrogens with one attached hydrogen (secondary N) is 1. The lowest BCUT2D eigenvalue weighted by Crippen LogP contribution is -2.16. The fourth-order valence-electron chi connectivity index (χ4n) is 2.75. The third kappa shape index (κ3) is 3.31. The normalized spacial score (nSPS) is 17.3. The van der Waals surface area contributed by atoms with Gasteiger partial charge in [-0.1, -0.05) is 30.3 Å². The number of aromatic nitrogens is 1. The number of anilines is 1. The third-order valence-corrected chi connectivity index (χ3v) is 4.86. The van der Waals surface area contributed by atoms with E-state index in [0.29, 0.717) is 24.0 Å². The maximum Gasteiger partial charge on any atom is 0.227 e. The Morgan fingerprint density at radius 1 is 1.38 bits per heavy atom. The number of hydrogen-bond donors (Lipinski definition) is 2. The molecule has 1 aromatic carbocycles. The summed E-state index contributed by atoms with van der Waals surface area (Å²) in [5.41, 5.74) is 7.93. The van der Waals surface area contributed by atoms with Crippen LogP contribution in [0.4, 0.5) is 5.13 Å². The fourth-order valence-corrected chi connectivity index (χ4v) is 3.86. The molecule has 0 radical (unpaired) electrons. The number of amides is 1. The number of thiazole rings is 1. The molecule has 2 aromatic rings. The maximum absolute atomic E-state index is 11.6. The van der Waals surface area contributed by atoms with Crippen LogP contribution in [0.25, 0.3) is 0 Å². The van der Waals surface area contributed by atoms with Gasteiger partial charge in [0.2, 0.25) is 5.91 Å². The Morgan fingerprint density at radius 2 is 2.19 bits per heavy atom. The second-order valence-corrected chi connectivity index (χ2v) is 6.41. The van der Waals surface area contributed by atoms with Crippen molar-refractivity contribution in [3.05, 3.63) is 46.5 Å². The van der Waals surface area contributed by atoms with E-state index in [1.807, 2.05) is 0 Å². The average molecular weight is 301 g/mol. The molecule has 0 aliphatic heterocycles. The molecule has 1 heterocycles. The molecule has 4 nitrogen and oxygen atoms in total. The minimum absolute atomic E-state index is 0.0526. The van der Waals surface area contributed by atoms with Crippen molar-refractivity contribution in [1.82, 2.24) is 4.98 Å². The lowest BCUT2D eigenvalue weighted by atomic mass is 9.85. The smallest absolute Gasteiger partial charge is 0.227 e. The van der Waals surface area contributed by atoms with Gasteiger partial charge < -0.3 is 11.1 Å². The summed E-state index contributed by atoms with van der Waals surface area (Å²) >= 11 is 1.60. The molecule has 5 heteroatoms. The number of hydrogen-bond acceptors (Lipinski definition) is 4. The highest BCUT2D eigenvalue weighted by molar-refractivity contribution is 7.15. The predicted molar refractivity (Wildman–Crippen MR) is 85.6 cm³/mol. The van der Waals surface area contributed by atoms with Gasteiger partial charge in [0.1, 0.15) is 0 Å². The summed E-state index contributed by atoms with van der Waals surface area (Å²) in [6, 6.07) is 10.6. The van der Waals surface area contributed by atoms with Crippen molar-refractivity contribution in [3.63, 3.8) is 0 Å². The second kappa shape index (κ2) is 6.37. The number of carbonyl (C=O) groups excluding carboxylic acids is 1. The third-order valence-electron chi connectivity index (χ3n) is 3.83. The quantitative estimate of drug-likeness (QED) is 0.912. The number of nitrogens with two attached hydrogens (primary N) is 1. The van der Waals surface area contributed by atoms with Crippen molar-refractivity contribution in [2.75, 3.05) is 11.9 Å². The van der Waals surface area contributed by atoms with Gasteiger partial charge in [-0.3, -0.25) is 4.79 Å². The molecule has 3 rings (SSSR count). The van der Waals surface area contributed by atoms with Crippen molar-refractivity contribution in [2.45, 2.75) is 31.6 Å². The number of benzene rings is 1.